The molecule has 0 unspecified atom stereocenters. The Morgan fingerprint density at radius 3 is 2.81 bits per heavy atom. The third kappa shape index (κ3) is 2.76. The average Bonchev–Trinajstić information content (AvgIpc) is 2.81. The SMILES string of the molecule is O=C1Cc2ccccc2N1C(=O)NCc1cccc(Cl)c1. The highest BCUT2D eigenvalue weighted by atomic mass is 35.5. The Morgan fingerprint density at radius 2 is 2.00 bits per heavy atom. The van der Waals surface area contributed by atoms with Crippen LogP contribution in [0.3, 0.4) is 0 Å². The van der Waals surface area contributed by atoms with Gasteiger partial charge in [-0.3, -0.25) is 4.79 Å². The van der Waals surface area contributed by atoms with Crippen molar-refractivity contribution in [1.82, 2.24) is 5.32 Å². The van der Waals surface area contributed by atoms with Gasteiger partial charge in [0.2, 0.25) is 5.91 Å². The van der Waals surface area contributed by atoms with E-state index in [2.05, 4.69) is 5.32 Å². The predicted octanol–water partition coefficient (Wildman–Crippen LogP) is 3.14. The molecule has 0 spiro atoms. The van der Waals surface area contributed by atoms with Gasteiger partial charge in [-0.25, -0.2) is 9.69 Å². The summed E-state index contributed by atoms with van der Waals surface area (Å²) in [5, 5.41) is 3.36. The Labute approximate surface area is 127 Å². The van der Waals surface area contributed by atoms with Crippen molar-refractivity contribution in [2.75, 3.05) is 4.90 Å². The number of fused-ring (bicyclic) bond motifs is 1. The van der Waals surface area contributed by atoms with Gasteiger partial charge in [0.15, 0.2) is 0 Å². The fraction of sp³-hybridized carbons (Fsp3) is 0.125. The van der Waals surface area contributed by atoms with Gasteiger partial charge in [0.1, 0.15) is 0 Å². The van der Waals surface area contributed by atoms with E-state index in [-0.39, 0.29) is 12.3 Å². The molecule has 0 radical (unpaired) electrons. The topological polar surface area (TPSA) is 49.4 Å². The lowest BCUT2D eigenvalue weighted by Crippen LogP contribution is -2.41. The number of anilines is 1. The third-order valence-corrected chi connectivity index (χ3v) is 3.59. The predicted molar refractivity (Wildman–Crippen MR) is 81.3 cm³/mol. The van der Waals surface area contributed by atoms with Crippen LogP contribution < -0.4 is 10.2 Å². The van der Waals surface area contributed by atoms with E-state index >= 15 is 0 Å². The summed E-state index contributed by atoms with van der Waals surface area (Å²) in [6, 6.07) is 14.1. The minimum absolute atomic E-state index is 0.209. The number of nitrogens with zero attached hydrogens (tertiary/aromatic N) is 1. The van der Waals surface area contributed by atoms with E-state index < -0.39 is 6.03 Å². The number of imide groups is 1. The monoisotopic (exact) mass is 300 g/mol. The number of benzene rings is 2. The zero-order valence-corrected chi connectivity index (χ0v) is 11.9. The molecule has 0 fully saturated rings. The lowest BCUT2D eigenvalue weighted by Gasteiger charge is -2.16. The van der Waals surface area contributed by atoms with Gasteiger partial charge >= 0.3 is 6.03 Å². The van der Waals surface area contributed by atoms with Crippen LogP contribution in [0.1, 0.15) is 11.1 Å². The van der Waals surface area contributed by atoms with Gasteiger partial charge in [-0.2, -0.15) is 0 Å². The summed E-state index contributed by atoms with van der Waals surface area (Å²) in [7, 11) is 0. The summed E-state index contributed by atoms with van der Waals surface area (Å²) in [6.07, 6.45) is 0.265. The number of carbonyl (C=O) groups excluding carboxylic acids is 2. The van der Waals surface area contributed by atoms with Crippen molar-refractivity contribution >= 4 is 29.2 Å². The molecule has 2 aromatic carbocycles. The minimum atomic E-state index is -0.412. The number of hydrogen-bond acceptors (Lipinski definition) is 2. The van der Waals surface area contributed by atoms with Crippen LogP contribution in [0.15, 0.2) is 48.5 Å². The van der Waals surface area contributed by atoms with Crippen LogP contribution in [0.25, 0.3) is 0 Å². The molecule has 1 aliphatic rings. The van der Waals surface area contributed by atoms with Crippen molar-refractivity contribution in [3.63, 3.8) is 0 Å². The fourth-order valence-corrected chi connectivity index (χ4v) is 2.59. The molecule has 0 aliphatic carbocycles. The van der Waals surface area contributed by atoms with Gasteiger partial charge < -0.3 is 5.32 Å². The van der Waals surface area contributed by atoms with Gasteiger partial charge in [0.05, 0.1) is 12.1 Å². The van der Waals surface area contributed by atoms with Gasteiger partial charge in [0, 0.05) is 11.6 Å². The first kappa shape index (κ1) is 13.6. The fourth-order valence-electron chi connectivity index (χ4n) is 2.38. The lowest BCUT2D eigenvalue weighted by molar-refractivity contribution is -0.116. The van der Waals surface area contributed by atoms with Crippen LogP contribution in [-0.4, -0.2) is 11.9 Å². The van der Waals surface area contributed by atoms with Crippen molar-refractivity contribution in [3.05, 3.63) is 64.7 Å². The zero-order valence-electron chi connectivity index (χ0n) is 11.2. The molecule has 1 aliphatic heterocycles. The summed E-state index contributed by atoms with van der Waals surface area (Å²) in [5.74, 6) is -0.209. The molecular weight excluding hydrogens is 288 g/mol. The molecule has 0 saturated carbocycles. The molecule has 21 heavy (non-hydrogen) atoms. The van der Waals surface area contributed by atoms with E-state index in [0.717, 1.165) is 11.1 Å². The minimum Gasteiger partial charge on any atom is -0.333 e. The molecule has 0 aromatic heterocycles. The molecule has 0 bridgehead atoms. The summed E-state index contributed by atoms with van der Waals surface area (Å²) in [4.78, 5) is 25.4. The normalized spacial score (nSPS) is 13.2. The molecular formula is C16H13ClN2O2. The van der Waals surface area contributed by atoms with Crippen molar-refractivity contribution in [2.45, 2.75) is 13.0 Å². The van der Waals surface area contributed by atoms with Crippen LogP contribution >= 0.6 is 11.6 Å². The number of amides is 3. The largest absolute Gasteiger partial charge is 0.333 e. The van der Waals surface area contributed by atoms with Gasteiger partial charge in [0.25, 0.3) is 0 Å². The van der Waals surface area contributed by atoms with Gasteiger partial charge in [-0.15, -0.1) is 0 Å². The van der Waals surface area contributed by atoms with Crippen LogP contribution in [-0.2, 0) is 17.8 Å². The number of carbonyl (C=O) groups is 2. The maximum atomic E-state index is 12.2. The second-order valence-corrected chi connectivity index (χ2v) is 5.26. The van der Waals surface area contributed by atoms with E-state index in [1.807, 2.05) is 30.3 Å². The van der Waals surface area contributed by atoms with Crippen LogP contribution in [0.5, 0.6) is 0 Å². The van der Waals surface area contributed by atoms with E-state index in [9.17, 15) is 9.59 Å². The molecule has 4 nitrogen and oxygen atoms in total. The van der Waals surface area contributed by atoms with Crippen molar-refractivity contribution < 1.29 is 9.59 Å². The van der Waals surface area contributed by atoms with Crippen molar-refractivity contribution in [2.24, 2.45) is 0 Å². The van der Waals surface area contributed by atoms with Crippen LogP contribution in [0, 0.1) is 0 Å². The van der Waals surface area contributed by atoms with E-state index in [4.69, 9.17) is 11.6 Å². The molecule has 2 aromatic rings. The van der Waals surface area contributed by atoms with Gasteiger partial charge in [-0.05, 0) is 29.3 Å². The first-order valence-electron chi connectivity index (χ1n) is 6.58. The molecule has 3 amide bonds. The van der Waals surface area contributed by atoms with Crippen molar-refractivity contribution in [1.29, 1.82) is 0 Å². The van der Waals surface area contributed by atoms with Crippen molar-refractivity contribution in [3.8, 4) is 0 Å². The highest BCUT2D eigenvalue weighted by molar-refractivity contribution is 6.30. The van der Waals surface area contributed by atoms with Gasteiger partial charge in [-0.1, -0.05) is 41.9 Å². The van der Waals surface area contributed by atoms with E-state index in [1.165, 1.54) is 4.90 Å². The Balaban J connectivity index is 1.73. The standard InChI is InChI=1S/C16H13ClN2O2/c17-13-6-3-4-11(8-13)10-18-16(21)19-14-7-2-1-5-12(14)9-15(19)20/h1-8H,9-10H2,(H,18,21). The number of halogens is 1. The maximum absolute atomic E-state index is 12.2. The Hall–Kier alpha value is -2.33. The number of nitrogens with one attached hydrogen (secondary N) is 1. The Bertz CT molecular complexity index is 715. The molecule has 3 rings (SSSR count). The molecule has 0 atom stereocenters. The zero-order chi connectivity index (χ0) is 14.8. The third-order valence-electron chi connectivity index (χ3n) is 3.36. The number of hydrogen-bond donors (Lipinski definition) is 1. The number of rotatable bonds is 2. The first-order valence-corrected chi connectivity index (χ1v) is 6.96. The van der Waals surface area contributed by atoms with E-state index in [1.54, 1.807) is 18.2 Å². The summed E-state index contributed by atoms with van der Waals surface area (Å²) < 4.78 is 0. The highest BCUT2D eigenvalue weighted by Crippen LogP contribution is 2.28. The summed E-state index contributed by atoms with van der Waals surface area (Å²) in [5.41, 5.74) is 2.42. The molecule has 5 heteroatoms. The number of urea groups is 1. The molecule has 1 heterocycles. The quantitative estimate of drug-likeness (QED) is 0.926. The number of para-hydroxylation sites is 1. The lowest BCUT2D eigenvalue weighted by atomic mass is 10.2. The summed E-state index contributed by atoms with van der Waals surface area (Å²) >= 11 is 5.90. The maximum Gasteiger partial charge on any atom is 0.329 e. The van der Waals surface area contributed by atoms with E-state index in [0.29, 0.717) is 17.3 Å². The summed E-state index contributed by atoms with van der Waals surface area (Å²) in [6.45, 7) is 0.325. The smallest absolute Gasteiger partial charge is 0.329 e. The average molecular weight is 301 g/mol. The van der Waals surface area contributed by atoms with Crippen LogP contribution in [0.4, 0.5) is 10.5 Å². The Morgan fingerprint density at radius 1 is 1.19 bits per heavy atom. The first-order chi connectivity index (χ1) is 10.1. The Kier molecular flexibility index (Phi) is 3.62. The highest BCUT2D eigenvalue weighted by Gasteiger charge is 2.31. The molecule has 106 valence electrons. The molecule has 0 saturated heterocycles. The van der Waals surface area contributed by atoms with Crippen LogP contribution in [0.2, 0.25) is 5.02 Å². The second kappa shape index (κ2) is 5.58. The second-order valence-electron chi connectivity index (χ2n) is 4.82. The molecule has 1 N–H and O–H groups in total.